The van der Waals surface area contributed by atoms with Gasteiger partial charge in [0.2, 0.25) is 0 Å². The number of nitrogens with zero attached hydrogens (tertiary/aromatic N) is 4. The molecule has 0 amide bonds. The van der Waals surface area contributed by atoms with E-state index in [0.29, 0.717) is 22.2 Å². The van der Waals surface area contributed by atoms with Crippen molar-refractivity contribution < 1.29 is 0 Å². The fourth-order valence-electron chi connectivity index (χ4n) is 6.19. The van der Waals surface area contributed by atoms with Crippen LogP contribution in [-0.2, 0) is 0 Å². The zero-order valence-electron chi connectivity index (χ0n) is 26.0. The summed E-state index contributed by atoms with van der Waals surface area (Å²) in [6.45, 7) is 43.4. The Balaban J connectivity index is 0.000000340. The van der Waals surface area contributed by atoms with Crippen LogP contribution in [0.25, 0.3) is 0 Å². The van der Waals surface area contributed by atoms with Gasteiger partial charge in [-0.25, -0.2) is 0 Å². The Hall–Kier alpha value is 2.06. The molecule has 34 heavy (non-hydrogen) atoms. The van der Waals surface area contributed by atoms with Gasteiger partial charge < -0.3 is 0 Å². The molecule has 2 fully saturated rings. The van der Waals surface area contributed by atoms with Crippen LogP contribution in [0.2, 0.25) is 26.2 Å². The van der Waals surface area contributed by atoms with E-state index in [4.69, 9.17) is 0 Å². The first-order valence-corrected chi connectivity index (χ1v) is 29.7. The molecule has 0 aromatic carbocycles. The summed E-state index contributed by atoms with van der Waals surface area (Å²) >= 11 is -2.53. The second kappa shape index (κ2) is 11.3. The van der Waals surface area contributed by atoms with Crippen molar-refractivity contribution in [3.63, 3.8) is 0 Å². The average molecular weight is 668 g/mol. The molecule has 2 saturated heterocycles. The molecule has 0 bridgehead atoms. The van der Waals surface area contributed by atoms with Crippen molar-refractivity contribution in [3.05, 3.63) is 0 Å². The van der Waals surface area contributed by atoms with Crippen LogP contribution in [0.15, 0.2) is 0 Å². The second-order valence-corrected chi connectivity index (χ2v) is 41.3. The van der Waals surface area contributed by atoms with Gasteiger partial charge >= 0.3 is 235 Å². The van der Waals surface area contributed by atoms with Crippen LogP contribution in [0.4, 0.5) is 0 Å². The van der Waals surface area contributed by atoms with E-state index in [1.807, 2.05) is 0 Å². The molecular weight excluding hydrogens is 610 g/mol. The molecule has 0 saturated carbocycles. The second-order valence-electron chi connectivity index (χ2n) is 14.4. The van der Waals surface area contributed by atoms with Crippen molar-refractivity contribution >= 4 is 64.3 Å². The third-order valence-corrected chi connectivity index (χ3v) is 55.4. The number of hydrogen-bond acceptors (Lipinski definition) is 6. The first kappa shape index (κ1) is 34.1. The summed E-state index contributed by atoms with van der Waals surface area (Å²) in [5.41, 5.74) is 1.42. The van der Waals surface area contributed by atoms with Crippen LogP contribution >= 0.6 is 20.2 Å². The Labute approximate surface area is 233 Å². The van der Waals surface area contributed by atoms with Crippen LogP contribution in [0.5, 0.6) is 0 Å². The van der Waals surface area contributed by atoms with Gasteiger partial charge in [-0.1, -0.05) is 0 Å². The standard InChI is InChI=1S/2C12H29GeN2SSi/c2*1-10-16-13-14(11(2,3)4)17(8,9)15(13)12(5,6)7/h2*10H2,1-9H3. The molecule has 2 rings (SSSR count). The third-order valence-electron chi connectivity index (χ3n) is 6.18. The van der Waals surface area contributed by atoms with Crippen LogP contribution in [0, 0.1) is 0 Å². The molecule has 0 aromatic heterocycles. The van der Waals surface area contributed by atoms with Gasteiger partial charge in [0.25, 0.3) is 0 Å². The molecule has 2 radical (unpaired) electrons. The average Bonchev–Trinajstić information content (AvgIpc) is 2.47. The maximum absolute atomic E-state index is 2.94. The van der Waals surface area contributed by atoms with Crippen molar-refractivity contribution in [3.8, 4) is 0 Å². The predicted molar refractivity (Wildman–Crippen MR) is 169 cm³/mol. The molecular formula is C24H58Ge2N4S2Si2. The van der Waals surface area contributed by atoms with E-state index < -0.39 is 44.1 Å². The zero-order chi connectivity index (χ0) is 27.3. The monoisotopic (exact) mass is 670 g/mol. The number of hydrogen-bond donors (Lipinski definition) is 0. The maximum atomic E-state index is 2.94. The molecule has 4 nitrogen and oxygen atoms in total. The topological polar surface area (TPSA) is 13.0 Å². The summed E-state index contributed by atoms with van der Waals surface area (Å²) in [5.74, 6) is 2.53. The normalized spacial score (nSPS) is 23.8. The fourth-order valence-corrected chi connectivity index (χ4v) is 65.8. The molecule has 2 aliphatic heterocycles. The molecule has 202 valence electrons. The molecule has 0 unspecified atom stereocenters. The SMILES string of the molecule is CC[S][Ge]1[N](C(C)(C)C)[Si](C)(C)[N]1C(C)(C)C.CC[S][Ge]1[N](C(C)(C)C)[Si](C)(C)[N]1C(C)(C)C. The summed E-state index contributed by atoms with van der Waals surface area (Å²) in [6, 6.07) is 0. The van der Waals surface area contributed by atoms with Crippen molar-refractivity contribution in [1.29, 1.82) is 0 Å². The molecule has 0 atom stereocenters. The molecule has 0 N–H and O–H groups in total. The molecule has 2 heterocycles. The summed E-state index contributed by atoms with van der Waals surface area (Å²) in [4.78, 5) is 0. The van der Waals surface area contributed by atoms with Crippen LogP contribution < -0.4 is 0 Å². The van der Waals surface area contributed by atoms with E-state index >= 15 is 0 Å². The summed E-state index contributed by atoms with van der Waals surface area (Å²) in [7, 11) is 1.77. The fraction of sp³-hybridized carbons (Fsp3) is 1.00. The van der Waals surface area contributed by atoms with E-state index in [-0.39, 0.29) is 0 Å². The molecule has 0 aliphatic carbocycles. The third kappa shape index (κ3) is 7.17. The Kier molecular flexibility index (Phi) is 11.3. The van der Waals surface area contributed by atoms with Gasteiger partial charge in [0.05, 0.1) is 0 Å². The van der Waals surface area contributed by atoms with Crippen molar-refractivity contribution in [2.75, 3.05) is 11.5 Å². The Morgan fingerprint density at radius 2 is 0.647 bits per heavy atom. The van der Waals surface area contributed by atoms with Crippen LogP contribution in [-0.4, -0.2) is 91.8 Å². The van der Waals surface area contributed by atoms with E-state index in [1.54, 1.807) is 0 Å². The molecule has 2 aliphatic rings. The van der Waals surface area contributed by atoms with Crippen LogP contribution in [0.3, 0.4) is 0 Å². The summed E-state index contributed by atoms with van der Waals surface area (Å²) in [5, 5.41) is 0. The van der Waals surface area contributed by atoms with Gasteiger partial charge in [0.1, 0.15) is 0 Å². The van der Waals surface area contributed by atoms with E-state index in [0.717, 1.165) is 0 Å². The van der Waals surface area contributed by atoms with Gasteiger partial charge in [-0.3, -0.25) is 0 Å². The van der Waals surface area contributed by atoms with Crippen molar-refractivity contribution in [2.45, 2.75) is 145 Å². The zero-order valence-corrected chi connectivity index (χ0v) is 33.8. The number of rotatable bonds is 4. The van der Waals surface area contributed by atoms with E-state index in [2.05, 4.69) is 157 Å². The summed E-state index contributed by atoms with van der Waals surface area (Å²) in [6.07, 6.45) is 0. The van der Waals surface area contributed by atoms with Gasteiger partial charge in [-0.05, 0) is 0 Å². The minimum atomic E-state index is -1.36. The predicted octanol–water partition coefficient (Wildman–Crippen LogP) is 7.28. The molecule has 0 spiro atoms. The van der Waals surface area contributed by atoms with Gasteiger partial charge in [0.15, 0.2) is 0 Å². The minimum absolute atomic E-state index is 0.356. The van der Waals surface area contributed by atoms with E-state index in [1.165, 1.54) is 11.5 Å². The van der Waals surface area contributed by atoms with Gasteiger partial charge in [0, 0.05) is 0 Å². The first-order chi connectivity index (χ1) is 14.9. The Morgan fingerprint density at radius 1 is 0.471 bits per heavy atom. The molecule has 0 aromatic rings. The van der Waals surface area contributed by atoms with Crippen molar-refractivity contribution in [2.24, 2.45) is 0 Å². The Morgan fingerprint density at radius 3 is 0.765 bits per heavy atom. The summed E-state index contributed by atoms with van der Waals surface area (Å²) < 4.78 is 11.8. The van der Waals surface area contributed by atoms with Gasteiger partial charge in [-0.2, -0.15) is 0 Å². The Bertz CT molecular complexity index is 576. The van der Waals surface area contributed by atoms with Crippen LogP contribution in [0.1, 0.15) is 96.9 Å². The van der Waals surface area contributed by atoms with E-state index in [9.17, 15) is 0 Å². The molecule has 10 heteroatoms. The quantitative estimate of drug-likeness (QED) is 0.290. The van der Waals surface area contributed by atoms with Crippen molar-refractivity contribution in [1.82, 2.24) is 14.1 Å². The first-order valence-electron chi connectivity index (χ1n) is 13.1. The van der Waals surface area contributed by atoms with Gasteiger partial charge in [-0.15, -0.1) is 0 Å².